The van der Waals surface area contributed by atoms with E-state index in [2.05, 4.69) is 20.6 Å². The number of hydrogen-bond donors (Lipinski definition) is 2. The lowest BCUT2D eigenvalue weighted by molar-refractivity contribution is 0.297. The van der Waals surface area contributed by atoms with Crippen molar-refractivity contribution in [3.05, 3.63) is 42.1 Å². The Morgan fingerprint density at radius 3 is 2.81 bits per heavy atom. The topological polar surface area (TPSA) is 77.0 Å². The molecule has 2 aromatic rings. The van der Waals surface area contributed by atoms with Crippen molar-refractivity contribution in [3.8, 4) is 17.4 Å². The van der Waals surface area contributed by atoms with E-state index >= 15 is 0 Å². The first-order chi connectivity index (χ1) is 13.3. The Balaban J connectivity index is 1.70. The van der Waals surface area contributed by atoms with Gasteiger partial charge in [0.2, 0.25) is 5.88 Å². The largest absolute Gasteiger partial charge is 0.490 e. The Labute approximate surface area is 159 Å². The highest BCUT2D eigenvalue weighted by Crippen LogP contribution is 2.32. The molecule has 0 spiro atoms. The van der Waals surface area contributed by atoms with Crippen molar-refractivity contribution >= 4 is 11.6 Å². The summed E-state index contributed by atoms with van der Waals surface area (Å²) in [5.74, 6) is 2.84. The van der Waals surface area contributed by atoms with Crippen LogP contribution in [0.1, 0.15) is 25.8 Å². The number of fused-ring (bicyclic) bond motifs is 1. The van der Waals surface area contributed by atoms with Crippen molar-refractivity contribution < 1.29 is 14.2 Å². The first kappa shape index (κ1) is 18.8. The first-order valence-electron chi connectivity index (χ1n) is 9.31. The van der Waals surface area contributed by atoms with Crippen LogP contribution in [-0.4, -0.2) is 37.3 Å². The molecule has 1 aliphatic rings. The molecule has 0 fully saturated rings. The Morgan fingerprint density at radius 2 is 2.00 bits per heavy atom. The molecule has 27 heavy (non-hydrogen) atoms. The number of ether oxygens (including phenoxy) is 3. The van der Waals surface area contributed by atoms with E-state index < -0.39 is 0 Å². The average Bonchev–Trinajstić information content (AvgIpc) is 2.92. The molecule has 3 rings (SSSR count). The summed E-state index contributed by atoms with van der Waals surface area (Å²) < 4.78 is 16.9. The standard InChI is InChI=1S/C20H26N4O3/c1-3-21-20(23-14-15-8-9-22-19(12-15)25-4-2)24-16-6-7-17-18(13-16)27-11-5-10-26-17/h6-9,12-13H,3-5,10-11,14H2,1-2H3,(H2,21,23,24). The minimum absolute atomic E-state index is 0.516. The lowest BCUT2D eigenvalue weighted by Gasteiger charge is -2.14. The summed E-state index contributed by atoms with van der Waals surface area (Å²) in [6.45, 7) is 7.18. The van der Waals surface area contributed by atoms with Crippen LogP contribution < -0.4 is 24.8 Å². The van der Waals surface area contributed by atoms with Crippen molar-refractivity contribution in [3.63, 3.8) is 0 Å². The number of nitrogens with one attached hydrogen (secondary N) is 2. The normalized spacial score (nSPS) is 13.6. The van der Waals surface area contributed by atoms with Crippen LogP contribution in [0.4, 0.5) is 5.69 Å². The SMILES string of the molecule is CCNC(=NCc1ccnc(OCC)c1)Nc1ccc2c(c1)OCCCO2. The maximum atomic E-state index is 5.75. The van der Waals surface area contributed by atoms with Crippen molar-refractivity contribution in [2.45, 2.75) is 26.8 Å². The van der Waals surface area contributed by atoms with Crippen LogP contribution >= 0.6 is 0 Å². The third-order valence-corrected chi connectivity index (χ3v) is 3.87. The highest BCUT2D eigenvalue weighted by Gasteiger charge is 2.11. The molecule has 0 amide bonds. The van der Waals surface area contributed by atoms with Gasteiger partial charge in [-0.1, -0.05) is 0 Å². The quantitative estimate of drug-likeness (QED) is 0.601. The van der Waals surface area contributed by atoms with E-state index in [1.165, 1.54) is 0 Å². The highest BCUT2D eigenvalue weighted by atomic mass is 16.5. The number of guanidine groups is 1. The second-order valence-electron chi connectivity index (χ2n) is 5.97. The van der Waals surface area contributed by atoms with E-state index in [9.17, 15) is 0 Å². The van der Waals surface area contributed by atoms with Gasteiger partial charge in [0.15, 0.2) is 17.5 Å². The van der Waals surface area contributed by atoms with Gasteiger partial charge in [-0.3, -0.25) is 0 Å². The molecule has 7 heteroatoms. The minimum atomic E-state index is 0.516. The van der Waals surface area contributed by atoms with E-state index in [1.54, 1.807) is 6.20 Å². The summed E-state index contributed by atoms with van der Waals surface area (Å²) in [7, 11) is 0. The fourth-order valence-electron chi connectivity index (χ4n) is 2.63. The summed E-state index contributed by atoms with van der Waals surface area (Å²) >= 11 is 0. The summed E-state index contributed by atoms with van der Waals surface area (Å²) in [5.41, 5.74) is 1.92. The lowest BCUT2D eigenvalue weighted by Crippen LogP contribution is -2.30. The average molecular weight is 370 g/mol. The van der Waals surface area contributed by atoms with E-state index in [4.69, 9.17) is 14.2 Å². The van der Waals surface area contributed by atoms with Crippen LogP contribution in [0.25, 0.3) is 0 Å². The summed E-state index contributed by atoms with van der Waals surface area (Å²) in [4.78, 5) is 8.83. The predicted octanol–water partition coefficient (Wildman–Crippen LogP) is 3.22. The van der Waals surface area contributed by atoms with Crippen molar-refractivity contribution in [1.82, 2.24) is 10.3 Å². The van der Waals surface area contributed by atoms with Crippen LogP contribution in [0, 0.1) is 0 Å². The monoisotopic (exact) mass is 370 g/mol. The van der Waals surface area contributed by atoms with E-state index in [0.29, 0.717) is 38.2 Å². The van der Waals surface area contributed by atoms with E-state index in [0.717, 1.165) is 35.7 Å². The summed E-state index contributed by atoms with van der Waals surface area (Å²) in [6.07, 6.45) is 2.62. The smallest absolute Gasteiger partial charge is 0.213 e. The lowest BCUT2D eigenvalue weighted by atomic mass is 10.2. The van der Waals surface area contributed by atoms with Crippen LogP contribution in [0.3, 0.4) is 0 Å². The van der Waals surface area contributed by atoms with Gasteiger partial charge < -0.3 is 24.8 Å². The van der Waals surface area contributed by atoms with Crippen molar-refractivity contribution in [2.24, 2.45) is 4.99 Å². The molecule has 2 N–H and O–H groups in total. The highest BCUT2D eigenvalue weighted by molar-refractivity contribution is 5.93. The fraction of sp³-hybridized carbons (Fsp3) is 0.400. The Hall–Kier alpha value is -2.96. The molecule has 0 unspecified atom stereocenters. The molecule has 0 bridgehead atoms. The molecule has 1 aromatic carbocycles. The second-order valence-corrected chi connectivity index (χ2v) is 5.97. The van der Waals surface area contributed by atoms with Gasteiger partial charge in [0.25, 0.3) is 0 Å². The van der Waals surface area contributed by atoms with Gasteiger partial charge in [0.1, 0.15) is 0 Å². The van der Waals surface area contributed by atoms with Gasteiger partial charge in [0, 0.05) is 37.0 Å². The molecule has 0 saturated carbocycles. The molecule has 1 aromatic heterocycles. The van der Waals surface area contributed by atoms with E-state index in [1.807, 2.05) is 44.2 Å². The zero-order valence-corrected chi connectivity index (χ0v) is 15.8. The van der Waals surface area contributed by atoms with Crippen LogP contribution in [-0.2, 0) is 6.54 Å². The van der Waals surface area contributed by atoms with Crippen LogP contribution in [0.5, 0.6) is 17.4 Å². The van der Waals surface area contributed by atoms with Crippen LogP contribution in [0.15, 0.2) is 41.5 Å². The zero-order chi connectivity index (χ0) is 18.9. The predicted molar refractivity (Wildman–Crippen MR) is 106 cm³/mol. The first-order valence-corrected chi connectivity index (χ1v) is 9.31. The van der Waals surface area contributed by atoms with Gasteiger partial charge in [-0.15, -0.1) is 0 Å². The van der Waals surface area contributed by atoms with Crippen molar-refractivity contribution in [1.29, 1.82) is 0 Å². The fourth-order valence-corrected chi connectivity index (χ4v) is 2.63. The molecule has 0 saturated heterocycles. The summed E-state index contributed by atoms with van der Waals surface area (Å²) in [6, 6.07) is 9.66. The van der Waals surface area contributed by atoms with E-state index in [-0.39, 0.29) is 0 Å². The van der Waals surface area contributed by atoms with Crippen LogP contribution in [0.2, 0.25) is 0 Å². The second kappa shape index (κ2) is 9.66. The van der Waals surface area contributed by atoms with Crippen molar-refractivity contribution in [2.75, 3.05) is 31.7 Å². The molecule has 0 radical (unpaired) electrons. The molecule has 1 aliphatic heterocycles. The number of aromatic nitrogens is 1. The molecule has 2 heterocycles. The van der Waals surface area contributed by atoms with Gasteiger partial charge in [-0.25, -0.2) is 9.98 Å². The zero-order valence-electron chi connectivity index (χ0n) is 15.8. The summed E-state index contributed by atoms with van der Waals surface area (Å²) in [5, 5.41) is 6.57. The maximum Gasteiger partial charge on any atom is 0.213 e. The third-order valence-electron chi connectivity index (χ3n) is 3.87. The Bertz CT molecular complexity index is 780. The molecular formula is C20H26N4O3. The minimum Gasteiger partial charge on any atom is -0.490 e. The Morgan fingerprint density at radius 1 is 1.15 bits per heavy atom. The number of benzene rings is 1. The number of aliphatic imine (C=N–C) groups is 1. The maximum absolute atomic E-state index is 5.75. The number of nitrogens with zero attached hydrogens (tertiary/aromatic N) is 2. The molecule has 0 atom stereocenters. The molecule has 144 valence electrons. The number of rotatable bonds is 6. The number of pyridine rings is 1. The van der Waals surface area contributed by atoms with Gasteiger partial charge in [-0.2, -0.15) is 0 Å². The molecule has 0 aliphatic carbocycles. The van der Waals surface area contributed by atoms with Gasteiger partial charge in [0.05, 0.1) is 26.4 Å². The third kappa shape index (κ3) is 5.51. The molecular weight excluding hydrogens is 344 g/mol. The number of hydrogen-bond acceptors (Lipinski definition) is 5. The molecule has 7 nitrogen and oxygen atoms in total. The number of anilines is 1. The Kier molecular flexibility index (Phi) is 6.73. The van der Waals surface area contributed by atoms with Gasteiger partial charge in [-0.05, 0) is 37.6 Å². The van der Waals surface area contributed by atoms with Gasteiger partial charge >= 0.3 is 0 Å².